The van der Waals surface area contributed by atoms with E-state index in [1.165, 1.54) is 12.8 Å². The second-order valence-electron chi connectivity index (χ2n) is 7.27. The minimum atomic E-state index is -0.204. The SMILES string of the molecule is N#CC1CN(C(=O)CCCc2ccc3[nH]c(=O)[nH]c3c2)CCN1C1CC1. The van der Waals surface area contributed by atoms with Crippen LogP contribution in [0.5, 0.6) is 0 Å². The van der Waals surface area contributed by atoms with Gasteiger partial charge in [0.15, 0.2) is 0 Å². The summed E-state index contributed by atoms with van der Waals surface area (Å²) in [6.07, 6.45) is 4.41. The van der Waals surface area contributed by atoms with E-state index in [-0.39, 0.29) is 17.6 Å². The Morgan fingerprint density at radius 2 is 2.04 bits per heavy atom. The summed E-state index contributed by atoms with van der Waals surface area (Å²) >= 11 is 0. The third-order valence-electron chi connectivity index (χ3n) is 5.38. The predicted molar refractivity (Wildman–Crippen MR) is 97.6 cm³/mol. The number of aromatic nitrogens is 2. The Labute approximate surface area is 151 Å². The van der Waals surface area contributed by atoms with Crippen molar-refractivity contribution in [1.29, 1.82) is 5.26 Å². The maximum Gasteiger partial charge on any atom is 0.323 e. The minimum Gasteiger partial charge on any atom is -0.339 e. The fourth-order valence-electron chi connectivity index (χ4n) is 3.82. The molecule has 1 aliphatic heterocycles. The number of H-pyrrole nitrogens is 2. The molecule has 26 heavy (non-hydrogen) atoms. The molecule has 1 aliphatic carbocycles. The molecule has 2 aromatic rings. The molecule has 2 fully saturated rings. The Balaban J connectivity index is 1.29. The number of aromatic amines is 2. The molecule has 1 saturated heterocycles. The van der Waals surface area contributed by atoms with Gasteiger partial charge in [-0.2, -0.15) is 5.26 Å². The van der Waals surface area contributed by atoms with Crippen LogP contribution in [-0.4, -0.2) is 57.4 Å². The zero-order valence-electron chi connectivity index (χ0n) is 14.7. The maximum atomic E-state index is 12.5. The van der Waals surface area contributed by atoms with Gasteiger partial charge in [-0.3, -0.25) is 9.69 Å². The first-order valence-electron chi connectivity index (χ1n) is 9.28. The highest BCUT2D eigenvalue weighted by atomic mass is 16.2. The molecular formula is C19H23N5O2. The second kappa shape index (κ2) is 6.96. The van der Waals surface area contributed by atoms with Gasteiger partial charge >= 0.3 is 5.69 Å². The van der Waals surface area contributed by atoms with Crippen molar-refractivity contribution >= 4 is 16.9 Å². The zero-order valence-corrected chi connectivity index (χ0v) is 14.7. The van der Waals surface area contributed by atoms with Crippen LogP contribution in [-0.2, 0) is 11.2 Å². The highest BCUT2D eigenvalue weighted by Crippen LogP contribution is 2.30. The van der Waals surface area contributed by atoms with Crippen LogP contribution < -0.4 is 5.69 Å². The predicted octanol–water partition coefficient (Wildman–Crippen LogP) is 1.38. The van der Waals surface area contributed by atoms with Gasteiger partial charge in [0.25, 0.3) is 0 Å². The number of imidazole rings is 1. The number of nitrogens with zero attached hydrogens (tertiary/aromatic N) is 3. The third kappa shape index (κ3) is 3.51. The number of hydrogen-bond donors (Lipinski definition) is 2. The van der Waals surface area contributed by atoms with Crippen molar-refractivity contribution in [3.05, 3.63) is 34.2 Å². The average molecular weight is 353 g/mol. The summed E-state index contributed by atoms with van der Waals surface area (Å²) in [5, 5.41) is 9.39. The molecule has 2 heterocycles. The molecule has 7 nitrogen and oxygen atoms in total. The Morgan fingerprint density at radius 1 is 1.23 bits per heavy atom. The Morgan fingerprint density at radius 3 is 2.81 bits per heavy atom. The highest BCUT2D eigenvalue weighted by Gasteiger charge is 2.38. The largest absolute Gasteiger partial charge is 0.339 e. The van der Waals surface area contributed by atoms with Gasteiger partial charge in [-0.1, -0.05) is 6.07 Å². The minimum absolute atomic E-state index is 0.136. The van der Waals surface area contributed by atoms with E-state index in [9.17, 15) is 14.9 Å². The molecule has 1 atom stereocenters. The number of carbonyl (C=O) groups is 1. The molecule has 1 aromatic heterocycles. The van der Waals surface area contributed by atoms with Gasteiger partial charge in [-0.15, -0.1) is 0 Å². The Hall–Kier alpha value is -2.59. The van der Waals surface area contributed by atoms with Gasteiger partial charge in [-0.05, 0) is 43.4 Å². The van der Waals surface area contributed by atoms with Gasteiger partial charge in [0.1, 0.15) is 6.04 Å². The molecule has 0 spiro atoms. The van der Waals surface area contributed by atoms with Crippen LogP contribution in [0.15, 0.2) is 23.0 Å². The number of amides is 1. The molecule has 0 radical (unpaired) electrons. The topological polar surface area (TPSA) is 96.0 Å². The quantitative estimate of drug-likeness (QED) is 0.849. The fourth-order valence-corrected chi connectivity index (χ4v) is 3.82. The van der Waals surface area contributed by atoms with E-state index in [1.54, 1.807) is 0 Å². The van der Waals surface area contributed by atoms with Gasteiger partial charge in [0.05, 0.1) is 17.1 Å². The number of rotatable bonds is 5. The summed E-state index contributed by atoms with van der Waals surface area (Å²) in [6, 6.07) is 8.59. The van der Waals surface area contributed by atoms with Crippen molar-refractivity contribution in [2.75, 3.05) is 19.6 Å². The molecule has 1 unspecified atom stereocenters. The van der Waals surface area contributed by atoms with Crippen LogP contribution in [0.25, 0.3) is 11.0 Å². The summed E-state index contributed by atoms with van der Waals surface area (Å²) < 4.78 is 0. The summed E-state index contributed by atoms with van der Waals surface area (Å²) in [5.74, 6) is 0.136. The average Bonchev–Trinajstić information content (AvgIpc) is 3.42. The van der Waals surface area contributed by atoms with Crippen molar-refractivity contribution in [3.8, 4) is 6.07 Å². The Kier molecular flexibility index (Phi) is 4.51. The van der Waals surface area contributed by atoms with Crippen LogP contribution in [0.1, 0.15) is 31.2 Å². The van der Waals surface area contributed by atoms with E-state index in [2.05, 4.69) is 20.9 Å². The first kappa shape index (κ1) is 16.9. The van der Waals surface area contributed by atoms with Crippen LogP contribution in [0.2, 0.25) is 0 Å². The number of carbonyl (C=O) groups excluding carboxylic acids is 1. The fraction of sp³-hybridized carbons (Fsp3) is 0.526. The normalized spacial score (nSPS) is 21.0. The molecule has 1 aromatic carbocycles. The summed E-state index contributed by atoms with van der Waals surface area (Å²) in [7, 11) is 0. The van der Waals surface area contributed by atoms with E-state index in [0.717, 1.165) is 42.5 Å². The van der Waals surface area contributed by atoms with Gasteiger partial charge in [0.2, 0.25) is 5.91 Å². The van der Waals surface area contributed by atoms with E-state index in [4.69, 9.17) is 0 Å². The second-order valence-corrected chi connectivity index (χ2v) is 7.27. The number of hydrogen-bond acceptors (Lipinski definition) is 4. The smallest absolute Gasteiger partial charge is 0.323 e. The number of aryl methyl sites for hydroxylation is 1. The number of fused-ring (bicyclic) bond motifs is 1. The molecule has 1 amide bonds. The lowest BCUT2D eigenvalue weighted by Crippen LogP contribution is -2.54. The third-order valence-corrected chi connectivity index (χ3v) is 5.38. The van der Waals surface area contributed by atoms with E-state index in [0.29, 0.717) is 19.0 Å². The van der Waals surface area contributed by atoms with Crippen LogP contribution in [0.4, 0.5) is 0 Å². The van der Waals surface area contributed by atoms with Crippen LogP contribution in [0, 0.1) is 11.3 Å². The van der Waals surface area contributed by atoms with Gasteiger partial charge in [-0.25, -0.2) is 4.79 Å². The van der Waals surface area contributed by atoms with Crippen molar-refractivity contribution in [3.63, 3.8) is 0 Å². The molecule has 2 N–H and O–H groups in total. The lowest BCUT2D eigenvalue weighted by Gasteiger charge is -2.38. The number of benzene rings is 1. The van der Waals surface area contributed by atoms with E-state index < -0.39 is 0 Å². The summed E-state index contributed by atoms with van der Waals surface area (Å²) in [6.45, 7) is 2.07. The number of nitriles is 1. The first-order valence-corrected chi connectivity index (χ1v) is 9.28. The highest BCUT2D eigenvalue weighted by molar-refractivity contribution is 5.77. The lowest BCUT2D eigenvalue weighted by molar-refractivity contribution is -0.133. The van der Waals surface area contributed by atoms with E-state index >= 15 is 0 Å². The molecule has 0 bridgehead atoms. The monoisotopic (exact) mass is 353 g/mol. The van der Waals surface area contributed by atoms with Crippen LogP contribution >= 0.6 is 0 Å². The van der Waals surface area contributed by atoms with Crippen molar-refractivity contribution in [2.45, 2.75) is 44.2 Å². The van der Waals surface area contributed by atoms with Gasteiger partial charge < -0.3 is 14.9 Å². The molecular weight excluding hydrogens is 330 g/mol. The molecule has 7 heteroatoms. The summed E-state index contributed by atoms with van der Waals surface area (Å²) in [5.41, 5.74) is 2.50. The van der Waals surface area contributed by atoms with Crippen molar-refractivity contribution in [1.82, 2.24) is 19.8 Å². The number of nitrogens with one attached hydrogen (secondary N) is 2. The van der Waals surface area contributed by atoms with E-state index in [1.807, 2.05) is 23.1 Å². The molecule has 136 valence electrons. The number of piperazine rings is 1. The maximum absolute atomic E-state index is 12.5. The molecule has 1 saturated carbocycles. The van der Waals surface area contributed by atoms with Crippen molar-refractivity contribution in [2.24, 2.45) is 0 Å². The standard InChI is InChI=1S/C19H23N5O2/c20-11-15-12-23(8-9-24(15)14-5-6-14)18(25)3-1-2-13-4-7-16-17(10-13)22-19(26)21-16/h4,7,10,14-15H,1-3,5-6,8-9,12H2,(H2,21,22,26). The molecule has 4 rings (SSSR count). The first-order chi connectivity index (χ1) is 12.6. The Bertz CT molecular complexity index is 905. The van der Waals surface area contributed by atoms with Gasteiger partial charge in [0, 0.05) is 32.1 Å². The molecule has 2 aliphatic rings. The zero-order chi connectivity index (χ0) is 18.1. The lowest BCUT2D eigenvalue weighted by atomic mass is 10.1. The van der Waals surface area contributed by atoms with Crippen molar-refractivity contribution < 1.29 is 4.79 Å². The summed E-state index contributed by atoms with van der Waals surface area (Å²) in [4.78, 5) is 33.4. The van der Waals surface area contributed by atoms with Crippen LogP contribution in [0.3, 0.4) is 0 Å².